The zero-order valence-electron chi connectivity index (χ0n) is 20.5. The quantitative estimate of drug-likeness (QED) is 0.422. The Kier molecular flexibility index (Phi) is 9.09. The smallest absolute Gasteiger partial charge is 0.222 e. The first kappa shape index (κ1) is 25.4. The Balaban J connectivity index is 1.12. The summed E-state index contributed by atoms with van der Waals surface area (Å²) in [5.41, 5.74) is 2.98. The number of ether oxygens (including phenoxy) is 1. The monoisotopic (exact) mass is 488 g/mol. The molecule has 1 aliphatic heterocycles. The molecular weight excluding hydrogens is 455 g/mol. The number of halogens is 1. The van der Waals surface area contributed by atoms with Crippen molar-refractivity contribution in [2.45, 2.75) is 45.3 Å². The van der Waals surface area contributed by atoms with Gasteiger partial charge >= 0.3 is 0 Å². The van der Waals surface area contributed by atoms with Gasteiger partial charge in [-0.1, -0.05) is 54.6 Å². The van der Waals surface area contributed by atoms with E-state index < -0.39 is 0 Å². The number of carbonyl (C=O) groups is 2. The molecule has 0 bridgehead atoms. The van der Waals surface area contributed by atoms with Crippen molar-refractivity contribution in [2.75, 3.05) is 13.1 Å². The Bertz CT molecular complexity index is 1130. The molecule has 1 saturated heterocycles. The maximum atomic E-state index is 13.3. The minimum Gasteiger partial charge on any atom is -0.489 e. The van der Waals surface area contributed by atoms with Crippen LogP contribution in [0.2, 0.25) is 0 Å². The van der Waals surface area contributed by atoms with E-state index in [-0.39, 0.29) is 23.5 Å². The lowest BCUT2D eigenvalue weighted by atomic mass is 9.93. The summed E-state index contributed by atoms with van der Waals surface area (Å²) in [5, 5.41) is 3.01. The van der Waals surface area contributed by atoms with Crippen molar-refractivity contribution in [1.82, 2.24) is 10.2 Å². The second kappa shape index (κ2) is 12.9. The number of nitrogens with zero attached hydrogens (tertiary/aromatic N) is 1. The number of rotatable bonds is 10. The molecule has 0 aromatic heterocycles. The zero-order chi connectivity index (χ0) is 25.2. The van der Waals surface area contributed by atoms with Gasteiger partial charge in [-0.25, -0.2) is 4.39 Å². The number of hydrogen-bond donors (Lipinski definition) is 1. The lowest BCUT2D eigenvalue weighted by Gasteiger charge is -2.32. The highest BCUT2D eigenvalue weighted by Gasteiger charge is 2.24. The van der Waals surface area contributed by atoms with E-state index in [4.69, 9.17) is 4.74 Å². The van der Waals surface area contributed by atoms with Crippen LogP contribution in [0, 0.1) is 11.7 Å². The first-order valence-electron chi connectivity index (χ1n) is 12.6. The molecule has 36 heavy (non-hydrogen) atoms. The molecule has 0 atom stereocenters. The van der Waals surface area contributed by atoms with Crippen LogP contribution in [0.5, 0.6) is 5.75 Å². The molecule has 0 spiro atoms. The van der Waals surface area contributed by atoms with Crippen LogP contribution in [0.15, 0.2) is 78.9 Å². The molecule has 0 radical (unpaired) electrons. The fraction of sp³-hybridized carbons (Fsp3) is 0.333. The zero-order valence-corrected chi connectivity index (χ0v) is 20.5. The van der Waals surface area contributed by atoms with Crippen LogP contribution in [0.3, 0.4) is 0 Å². The minimum absolute atomic E-state index is 0.0373. The fourth-order valence-corrected chi connectivity index (χ4v) is 4.47. The molecule has 0 aliphatic carbocycles. The third kappa shape index (κ3) is 7.94. The van der Waals surface area contributed by atoms with Gasteiger partial charge in [0.2, 0.25) is 11.8 Å². The van der Waals surface area contributed by atoms with E-state index in [2.05, 4.69) is 5.32 Å². The molecule has 5 nitrogen and oxygen atoms in total. The molecule has 1 fully saturated rings. The van der Waals surface area contributed by atoms with Gasteiger partial charge in [0.05, 0.1) is 0 Å². The van der Waals surface area contributed by atoms with Crippen LogP contribution in [0.25, 0.3) is 0 Å². The molecule has 4 rings (SSSR count). The van der Waals surface area contributed by atoms with Gasteiger partial charge in [0, 0.05) is 32.5 Å². The Morgan fingerprint density at radius 1 is 0.889 bits per heavy atom. The molecule has 188 valence electrons. The maximum Gasteiger partial charge on any atom is 0.222 e. The normalized spacial score (nSPS) is 13.9. The molecule has 6 heteroatoms. The van der Waals surface area contributed by atoms with E-state index in [1.54, 1.807) is 6.07 Å². The molecule has 3 aromatic carbocycles. The first-order chi connectivity index (χ1) is 17.5. The van der Waals surface area contributed by atoms with Crippen molar-refractivity contribution in [3.8, 4) is 5.75 Å². The predicted molar refractivity (Wildman–Crippen MR) is 138 cm³/mol. The minimum atomic E-state index is -0.274. The molecule has 1 N–H and O–H groups in total. The van der Waals surface area contributed by atoms with Gasteiger partial charge in [0.15, 0.2) is 0 Å². The lowest BCUT2D eigenvalue weighted by molar-refractivity contribution is -0.132. The van der Waals surface area contributed by atoms with Gasteiger partial charge in [-0.3, -0.25) is 9.59 Å². The van der Waals surface area contributed by atoms with Crippen molar-refractivity contribution in [1.29, 1.82) is 0 Å². The van der Waals surface area contributed by atoms with Gasteiger partial charge in [0.25, 0.3) is 0 Å². The van der Waals surface area contributed by atoms with Gasteiger partial charge in [0.1, 0.15) is 18.2 Å². The Morgan fingerprint density at radius 2 is 1.61 bits per heavy atom. The van der Waals surface area contributed by atoms with Crippen molar-refractivity contribution < 1.29 is 18.7 Å². The summed E-state index contributed by atoms with van der Waals surface area (Å²) in [5.74, 6) is 0.940. The second-order valence-corrected chi connectivity index (χ2v) is 9.35. The molecule has 2 amide bonds. The van der Waals surface area contributed by atoms with Crippen LogP contribution >= 0.6 is 0 Å². The maximum absolute atomic E-state index is 13.3. The van der Waals surface area contributed by atoms with E-state index in [9.17, 15) is 14.0 Å². The molecule has 0 saturated carbocycles. The summed E-state index contributed by atoms with van der Waals surface area (Å²) in [6.07, 6.45) is 3.05. The third-order valence-corrected chi connectivity index (χ3v) is 6.62. The molecule has 3 aromatic rings. The number of amides is 2. The number of hydrogen-bond acceptors (Lipinski definition) is 3. The number of benzene rings is 3. The summed E-state index contributed by atoms with van der Waals surface area (Å²) in [6, 6.07) is 24.2. The van der Waals surface area contributed by atoms with Gasteiger partial charge in [-0.2, -0.15) is 0 Å². The molecular formula is C30H33FN2O3. The second-order valence-electron chi connectivity index (χ2n) is 9.35. The number of piperidine rings is 1. The number of carbonyl (C=O) groups excluding carboxylic acids is 2. The first-order valence-corrected chi connectivity index (χ1v) is 12.6. The Labute approximate surface area is 212 Å². The fourth-order valence-electron chi connectivity index (χ4n) is 4.47. The van der Waals surface area contributed by atoms with Gasteiger partial charge in [-0.05, 0) is 66.1 Å². The van der Waals surface area contributed by atoms with Crippen LogP contribution in [0.1, 0.15) is 42.4 Å². The number of aryl methyl sites for hydroxylation is 1. The van der Waals surface area contributed by atoms with Gasteiger partial charge in [-0.15, -0.1) is 0 Å². The highest BCUT2D eigenvalue weighted by atomic mass is 19.1. The standard InChI is InChI=1S/C30H33FN2O3/c31-27-8-4-7-23(19-27)11-14-30(35)33-17-15-24(16-18-33)20-29(34)32-21-25-9-12-28(13-10-25)36-22-26-5-2-1-3-6-26/h1-10,12-13,19,24H,11,14-18,20-22H2,(H,32,34). The summed E-state index contributed by atoms with van der Waals surface area (Å²) in [6.45, 7) is 2.35. The number of likely N-dealkylation sites (tertiary alicyclic amines) is 1. The van der Waals surface area contributed by atoms with E-state index in [1.807, 2.05) is 65.6 Å². The molecule has 0 unspecified atom stereocenters. The molecule has 1 heterocycles. The summed E-state index contributed by atoms with van der Waals surface area (Å²) in [7, 11) is 0. The SMILES string of the molecule is O=C(CC1CCN(C(=O)CCc2cccc(F)c2)CC1)NCc1ccc(OCc2ccccc2)cc1. The summed E-state index contributed by atoms with van der Waals surface area (Å²) in [4.78, 5) is 26.9. The summed E-state index contributed by atoms with van der Waals surface area (Å²) >= 11 is 0. The summed E-state index contributed by atoms with van der Waals surface area (Å²) < 4.78 is 19.1. The lowest BCUT2D eigenvalue weighted by Crippen LogP contribution is -2.39. The molecule has 1 aliphatic rings. The van der Waals surface area contributed by atoms with Crippen LogP contribution in [-0.4, -0.2) is 29.8 Å². The van der Waals surface area contributed by atoms with E-state index >= 15 is 0 Å². The topological polar surface area (TPSA) is 58.6 Å². The van der Waals surface area contributed by atoms with Crippen LogP contribution < -0.4 is 10.1 Å². The highest BCUT2D eigenvalue weighted by molar-refractivity contribution is 5.77. The third-order valence-electron chi connectivity index (χ3n) is 6.62. The predicted octanol–water partition coefficient (Wildman–Crippen LogP) is 5.28. The van der Waals surface area contributed by atoms with Crippen molar-refractivity contribution in [2.24, 2.45) is 5.92 Å². The van der Waals surface area contributed by atoms with E-state index in [1.165, 1.54) is 12.1 Å². The van der Waals surface area contributed by atoms with Crippen molar-refractivity contribution in [3.05, 3.63) is 101 Å². The average Bonchev–Trinajstić information content (AvgIpc) is 2.91. The number of nitrogens with one attached hydrogen (secondary N) is 1. The Hall–Kier alpha value is -3.67. The van der Waals surface area contributed by atoms with E-state index in [0.29, 0.717) is 45.5 Å². The average molecular weight is 489 g/mol. The highest BCUT2D eigenvalue weighted by Crippen LogP contribution is 2.22. The van der Waals surface area contributed by atoms with Crippen molar-refractivity contribution >= 4 is 11.8 Å². The van der Waals surface area contributed by atoms with Gasteiger partial charge < -0.3 is 15.0 Å². The van der Waals surface area contributed by atoms with Crippen LogP contribution in [-0.2, 0) is 29.2 Å². The Morgan fingerprint density at radius 3 is 2.33 bits per heavy atom. The van der Waals surface area contributed by atoms with E-state index in [0.717, 1.165) is 35.3 Å². The largest absolute Gasteiger partial charge is 0.489 e. The van der Waals surface area contributed by atoms with Crippen LogP contribution in [0.4, 0.5) is 4.39 Å². The van der Waals surface area contributed by atoms with Crippen molar-refractivity contribution in [3.63, 3.8) is 0 Å².